The van der Waals surface area contributed by atoms with E-state index in [9.17, 15) is 9.59 Å². The van der Waals surface area contributed by atoms with Crippen LogP contribution < -0.4 is 11.1 Å². The van der Waals surface area contributed by atoms with Gasteiger partial charge in [-0.1, -0.05) is 43.0 Å². The molecule has 1 aliphatic rings. The van der Waals surface area contributed by atoms with E-state index in [4.69, 9.17) is 5.73 Å². The number of nitrogens with two attached hydrogens (primary N) is 1. The number of nitrogens with one attached hydrogen (secondary N) is 1. The second-order valence-corrected chi connectivity index (χ2v) is 4.75. The summed E-state index contributed by atoms with van der Waals surface area (Å²) in [5, 5.41) is 2.03. The molecular formula is C17H25N3O2. The molecule has 0 aliphatic carbocycles. The highest BCUT2D eigenvalue weighted by Crippen LogP contribution is 1.97. The Morgan fingerprint density at radius 3 is 1.91 bits per heavy atom. The van der Waals surface area contributed by atoms with Gasteiger partial charge < -0.3 is 10.6 Å². The highest BCUT2D eigenvalue weighted by molar-refractivity contribution is 6.12. The van der Waals surface area contributed by atoms with Crippen LogP contribution >= 0.6 is 0 Å². The van der Waals surface area contributed by atoms with Crippen molar-refractivity contribution < 1.29 is 9.59 Å². The van der Waals surface area contributed by atoms with Gasteiger partial charge in [0.15, 0.2) is 0 Å². The predicted molar refractivity (Wildman–Crippen MR) is 91.0 cm³/mol. The molecule has 3 N–H and O–H groups in total. The van der Waals surface area contributed by atoms with Crippen LogP contribution in [0.15, 0.2) is 49.1 Å². The van der Waals surface area contributed by atoms with Crippen molar-refractivity contribution in [3.8, 4) is 0 Å². The van der Waals surface area contributed by atoms with Crippen LogP contribution in [0.4, 0.5) is 0 Å². The van der Waals surface area contributed by atoms with Crippen LogP contribution in [-0.4, -0.2) is 43.9 Å². The van der Waals surface area contributed by atoms with Gasteiger partial charge in [0.25, 0.3) is 11.8 Å². The molecule has 0 fully saturated rings. The van der Waals surface area contributed by atoms with E-state index >= 15 is 0 Å². The Bertz CT molecular complexity index is 466. The molecule has 0 atom stereocenters. The lowest BCUT2D eigenvalue weighted by atomic mass is 10.2. The van der Waals surface area contributed by atoms with Crippen LogP contribution in [0.2, 0.25) is 0 Å². The molecule has 0 spiro atoms. The van der Waals surface area contributed by atoms with Gasteiger partial charge in [-0.05, 0) is 39.2 Å². The molecule has 1 aliphatic heterocycles. The van der Waals surface area contributed by atoms with Crippen LogP contribution in [0.25, 0.3) is 6.08 Å². The van der Waals surface area contributed by atoms with Crippen molar-refractivity contribution in [2.45, 2.75) is 6.42 Å². The molecule has 0 bridgehead atoms. The Labute approximate surface area is 132 Å². The topological polar surface area (TPSA) is 75.4 Å². The number of carbonyl (C=O) groups is 2. The number of rotatable bonds is 4. The molecule has 5 nitrogen and oxygen atoms in total. The monoisotopic (exact) mass is 303 g/mol. The van der Waals surface area contributed by atoms with E-state index in [0.29, 0.717) is 0 Å². The second-order valence-electron chi connectivity index (χ2n) is 4.75. The average Bonchev–Trinajstić information content (AvgIpc) is 2.90. The normalized spacial score (nSPS) is 12.0. The molecule has 2 amide bonds. The standard InChI is InChI=1S/C8H8.C5H14N2.C4H3NO2/c1-2-8-6-4-3-5-7-8;1-7(2)5-3-4-6;6-3-1-2-4(7)5-3/h2-7H,1H2;3-6H2,1-2H3;1-2H,(H,5,6,7). The van der Waals surface area contributed by atoms with Crippen molar-refractivity contribution in [3.05, 3.63) is 54.6 Å². The molecule has 5 heteroatoms. The molecular weight excluding hydrogens is 278 g/mol. The maximum absolute atomic E-state index is 10.0. The zero-order valence-corrected chi connectivity index (χ0v) is 13.3. The SMILES string of the molecule is C=Cc1ccccc1.CN(C)CCCN.O=C1C=CC(=O)N1. The predicted octanol–water partition coefficient (Wildman–Crippen LogP) is 1.43. The fourth-order valence-electron chi connectivity index (χ4n) is 1.35. The number of carbonyl (C=O) groups excluding carboxylic acids is 2. The molecule has 120 valence electrons. The minimum absolute atomic E-state index is 0.329. The summed E-state index contributed by atoms with van der Waals surface area (Å²) in [6, 6.07) is 10.0. The first-order valence-corrected chi connectivity index (χ1v) is 7.05. The quantitative estimate of drug-likeness (QED) is 0.825. The first-order chi connectivity index (χ1) is 10.5. The lowest BCUT2D eigenvalue weighted by Crippen LogP contribution is -2.19. The minimum atomic E-state index is -0.329. The van der Waals surface area contributed by atoms with Crippen LogP contribution in [-0.2, 0) is 9.59 Å². The zero-order valence-electron chi connectivity index (χ0n) is 13.3. The van der Waals surface area contributed by atoms with E-state index in [2.05, 4.69) is 25.6 Å². The largest absolute Gasteiger partial charge is 0.330 e. The summed E-state index contributed by atoms with van der Waals surface area (Å²) in [5.41, 5.74) is 6.42. The number of benzene rings is 1. The van der Waals surface area contributed by atoms with Gasteiger partial charge in [-0.3, -0.25) is 14.9 Å². The Morgan fingerprint density at radius 2 is 1.68 bits per heavy atom. The van der Waals surface area contributed by atoms with Gasteiger partial charge in [-0.2, -0.15) is 0 Å². The van der Waals surface area contributed by atoms with Crippen molar-refractivity contribution in [2.75, 3.05) is 27.2 Å². The summed E-state index contributed by atoms with van der Waals surface area (Å²) in [5.74, 6) is -0.657. The van der Waals surface area contributed by atoms with E-state index in [-0.39, 0.29) is 11.8 Å². The summed E-state index contributed by atoms with van der Waals surface area (Å²) >= 11 is 0. The van der Waals surface area contributed by atoms with Crippen LogP contribution in [0.3, 0.4) is 0 Å². The Balaban J connectivity index is 0.000000302. The number of nitrogens with zero attached hydrogens (tertiary/aromatic N) is 1. The first-order valence-electron chi connectivity index (χ1n) is 7.05. The molecule has 0 radical (unpaired) electrons. The van der Waals surface area contributed by atoms with Crippen LogP contribution in [0.5, 0.6) is 0 Å². The Morgan fingerprint density at radius 1 is 1.14 bits per heavy atom. The van der Waals surface area contributed by atoms with Crippen LogP contribution in [0.1, 0.15) is 12.0 Å². The number of amides is 2. The smallest absolute Gasteiger partial charge is 0.250 e. The van der Waals surface area contributed by atoms with Crippen molar-refractivity contribution in [1.29, 1.82) is 0 Å². The Kier molecular flexibility index (Phi) is 11.2. The van der Waals surface area contributed by atoms with Gasteiger partial charge in [0.2, 0.25) is 0 Å². The molecule has 1 aromatic rings. The number of hydrogen-bond donors (Lipinski definition) is 2. The minimum Gasteiger partial charge on any atom is -0.330 e. The summed E-state index contributed by atoms with van der Waals surface area (Å²) in [7, 11) is 4.10. The van der Waals surface area contributed by atoms with E-state index in [1.807, 2.05) is 41.7 Å². The Hall–Kier alpha value is -2.24. The van der Waals surface area contributed by atoms with Crippen molar-refractivity contribution in [2.24, 2.45) is 5.73 Å². The third-order valence-corrected chi connectivity index (χ3v) is 2.48. The first kappa shape index (κ1) is 19.8. The number of hydrogen-bond acceptors (Lipinski definition) is 4. The maximum atomic E-state index is 10.0. The third-order valence-electron chi connectivity index (χ3n) is 2.48. The van der Waals surface area contributed by atoms with E-state index in [1.165, 1.54) is 17.7 Å². The molecule has 0 aromatic heterocycles. The average molecular weight is 303 g/mol. The second kappa shape index (κ2) is 12.5. The van der Waals surface area contributed by atoms with Crippen LogP contribution in [0, 0.1) is 0 Å². The summed E-state index contributed by atoms with van der Waals surface area (Å²) in [6.45, 7) is 5.54. The van der Waals surface area contributed by atoms with E-state index in [1.54, 1.807) is 0 Å². The third kappa shape index (κ3) is 11.6. The van der Waals surface area contributed by atoms with E-state index in [0.717, 1.165) is 19.5 Å². The molecule has 0 unspecified atom stereocenters. The molecule has 0 saturated carbocycles. The summed E-state index contributed by atoms with van der Waals surface area (Å²) in [6.07, 6.45) is 5.33. The molecule has 2 rings (SSSR count). The van der Waals surface area contributed by atoms with E-state index < -0.39 is 0 Å². The highest BCUT2D eigenvalue weighted by Gasteiger charge is 2.06. The van der Waals surface area contributed by atoms with Gasteiger partial charge in [-0.25, -0.2) is 0 Å². The maximum Gasteiger partial charge on any atom is 0.250 e. The van der Waals surface area contributed by atoms with Crippen molar-refractivity contribution >= 4 is 17.9 Å². The van der Waals surface area contributed by atoms with Gasteiger partial charge in [0, 0.05) is 12.2 Å². The molecule has 0 saturated heterocycles. The van der Waals surface area contributed by atoms with Crippen molar-refractivity contribution in [3.63, 3.8) is 0 Å². The van der Waals surface area contributed by atoms with Gasteiger partial charge >= 0.3 is 0 Å². The molecule has 22 heavy (non-hydrogen) atoms. The summed E-state index contributed by atoms with van der Waals surface area (Å²) < 4.78 is 0. The highest BCUT2D eigenvalue weighted by atomic mass is 16.2. The van der Waals surface area contributed by atoms with Gasteiger partial charge in [0.1, 0.15) is 0 Å². The fourth-order valence-corrected chi connectivity index (χ4v) is 1.35. The lowest BCUT2D eigenvalue weighted by molar-refractivity contribution is -0.123. The zero-order chi connectivity index (χ0) is 16.8. The molecule has 1 aromatic carbocycles. The van der Waals surface area contributed by atoms with Crippen molar-refractivity contribution in [1.82, 2.24) is 10.2 Å². The fraction of sp³-hybridized carbons (Fsp3) is 0.294. The lowest BCUT2D eigenvalue weighted by Gasteiger charge is -2.05. The molecule has 1 heterocycles. The number of imide groups is 1. The van der Waals surface area contributed by atoms with Gasteiger partial charge in [0.05, 0.1) is 0 Å². The van der Waals surface area contributed by atoms with Gasteiger partial charge in [-0.15, -0.1) is 0 Å². The summed E-state index contributed by atoms with van der Waals surface area (Å²) in [4.78, 5) is 22.2.